The van der Waals surface area contributed by atoms with Crippen LogP contribution in [0.25, 0.3) is 0 Å². The molecule has 15 heavy (non-hydrogen) atoms. The minimum absolute atomic E-state index is 0.153. The molecule has 1 rings (SSSR count). The summed E-state index contributed by atoms with van der Waals surface area (Å²) in [6, 6.07) is 3.00. The standard InChI is InChI=1S/C9H10N2O3S/c1-3-8(12)11-7-5-4-6-10-9(7)15(2,13)14/h3-6H,1H2,2H3,(H,11,12). The highest BCUT2D eigenvalue weighted by molar-refractivity contribution is 7.90. The van der Waals surface area contributed by atoms with E-state index in [9.17, 15) is 13.2 Å². The molecule has 1 amide bonds. The average Bonchev–Trinajstić information content (AvgIpc) is 2.17. The molecular formula is C9H10N2O3S. The number of aromatic nitrogens is 1. The molecule has 0 spiro atoms. The molecule has 0 unspecified atom stereocenters. The zero-order valence-electron chi connectivity index (χ0n) is 8.10. The first kappa shape index (κ1) is 11.4. The van der Waals surface area contributed by atoms with Crippen molar-refractivity contribution in [1.29, 1.82) is 0 Å². The zero-order valence-corrected chi connectivity index (χ0v) is 8.91. The van der Waals surface area contributed by atoms with Gasteiger partial charge in [0.05, 0.1) is 5.69 Å². The molecule has 0 saturated heterocycles. The lowest BCUT2D eigenvalue weighted by Crippen LogP contribution is -2.12. The maximum absolute atomic E-state index is 11.3. The van der Waals surface area contributed by atoms with Gasteiger partial charge < -0.3 is 5.32 Å². The number of rotatable bonds is 3. The monoisotopic (exact) mass is 226 g/mol. The van der Waals surface area contributed by atoms with Crippen LogP contribution in [0.3, 0.4) is 0 Å². The van der Waals surface area contributed by atoms with Gasteiger partial charge in [0, 0.05) is 12.5 Å². The Kier molecular flexibility index (Phi) is 3.21. The van der Waals surface area contributed by atoms with Crippen molar-refractivity contribution in [3.63, 3.8) is 0 Å². The minimum Gasteiger partial charge on any atom is -0.320 e. The van der Waals surface area contributed by atoms with E-state index in [4.69, 9.17) is 0 Å². The van der Waals surface area contributed by atoms with Crippen LogP contribution >= 0.6 is 0 Å². The van der Waals surface area contributed by atoms with Gasteiger partial charge in [-0.25, -0.2) is 13.4 Å². The zero-order chi connectivity index (χ0) is 11.5. The lowest BCUT2D eigenvalue weighted by atomic mass is 10.4. The van der Waals surface area contributed by atoms with Gasteiger partial charge in [-0.2, -0.15) is 0 Å². The van der Waals surface area contributed by atoms with Crippen molar-refractivity contribution in [3.8, 4) is 0 Å². The number of nitrogens with zero attached hydrogens (tertiary/aromatic N) is 1. The van der Waals surface area contributed by atoms with Crippen LogP contribution in [0.1, 0.15) is 0 Å². The van der Waals surface area contributed by atoms with E-state index in [2.05, 4.69) is 16.9 Å². The van der Waals surface area contributed by atoms with Gasteiger partial charge in [0.15, 0.2) is 14.9 Å². The average molecular weight is 226 g/mol. The Bertz CT molecular complexity index is 494. The molecule has 0 saturated carbocycles. The SMILES string of the molecule is C=CC(=O)Nc1cccnc1S(C)(=O)=O. The van der Waals surface area contributed by atoms with E-state index in [0.29, 0.717) is 0 Å². The number of nitrogens with one attached hydrogen (secondary N) is 1. The van der Waals surface area contributed by atoms with Gasteiger partial charge in [-0.1, -0.05) is 6.58 Å². The first-order valence-corrected chi connectivity index (χ1v) is 5.93. The molecule has 0 aliphatic rings. The maximum atomic E-state index is 11.3. The molecule has 1 aromatic heterocycles. The summed E-state index contributed by atoms with van der Waals surface area (Å²) in [5.74, 6) is -0.479. The first-order valence-electron chi connectivity index (χ1n) is 4.03. The fraction of sp³-hybridized carbons (Fsp3) is 0.111. The quantitative estimate of drug-likeness (QED) is 0.766. The van der Waals surface area contributed by atoms with Gasteiger partial charge in [-0.3, -0.25) is 4.79 Å². The van der Waals surface area contributed by atoms with Crippen LogP contribution < -0.4 is 5.32 Å². The predicted molar refractivity (Wildman–Crippen MR) is 56.2 cm³/mol. The fourth-order valence-electron chi connectivity index (χ4n) is 0.965. The summed E-state index contributed by atoms with van der Waals surface area (Å²) in [6.45, 7) is 3.27. The number of hydrogen-bond acceptors (Lipinski definition) is 4. The van der Waals surface area contributed by atoms with Crippen LogP contribution in [0.15, 0.2) is 36.0 Å². The van der Waals surface area contributed by atoms with E-state index in [1.54, 1.807) is 0 Å². The second-order valence-corrected chi connectivity index (χ2v) is 4.75. The van der Waals surface area contributed by atoms with Crippen molar-refractivity contribution < 1.29 is 13.2 Å². The Morgan fingerprint density at radius 3 is 2.80 bits per heavy atom. The number of hydrogen-bond donors (Lipinski definition) is 1. The number of pyridine rings is 1. The highest BCUT2D eigenvalue weighted by atomic mass is 32.2. The summed E-state index contributed by atoms with van der Waals surface area (Å²) in [5, 5.41) is 2.22. The summed E-state index contributed by atoms with van der Waals surface area (Å²) < 4.78 is 22.6. The lowest BCUT2D eigenvalue weighted by Gasteiger charge is -2.06. The van der Waals surface area contributed by atoms with Gasteiger partial charge in [-0.05, 0) is 18.2 Å². The molecule has 6 heteroatoms. The van der Waals surface area contributed by atoms with Gasteiger partial charge in [0.2, 0.25) is 5.91 Å². The normalized spacial score (nSPS) is 10.7. The number of carbonyl (C=O) groups excluding carboxylic acids is 1. The van der Waals surface area contributed by atoms with E-state index < -0.39 is 15.7 Å². The van der Waals surface area contributed by atoms with Crippen LogP contribution in [0, 0.1) is 0 Å². The summed E-state index contributed by atoms with van der Waals surface area (Å²) in [5.41, 5.74) is 0.157. The van der Waals surface area contributed by atoms with Crippen LogP contribution in [0.4, 0.5) is 5.69 Å². The number of amides is 1. The third kappa shape index (κ3) is 2.88. The molecule has 1 heterocycles. The summed E-state index contributed by atoms with van der Waals surface area (Å²) >= 11 is 0. The van der Waals surface area contributed by atoms with Crippen LogP contribution in [0.2, 0.25) is 0 Å². The third-order valence-electron chi connectivity index (χ3n) is 1.57. The van der Waals surface area contributed by atoms with Gasteiger partial charge in [0.1, 0.15) is 0 Å². The lowest BCUT2D eigenvalue weighted by molar-refractivity contribution is -0.111. The fourth-order valence-corrected chi connectivity index (χ4v) is 1.74. The Labute approximate surface area is 87.8 Å². The first-order chi connectivity index (χ1) is 6.95. The molecule has 0 radical (unpaired) electrons. The molecule has 5 nitrogen and oxygen atoms in total. The summed E-state index contributed by atoms with van der Waals surface area (Å²) in [6.07, 6.45) is 3.43. The Balaban J connectivity index is 3.19. The van der Waals surface area contributed by atoms with Crippen molar-refractivity contribution in [2.24, 2.45) is 0 Å². The Morgan fingerprint density at radius 2 is 2.27 bits per heavy atom. The summed E-state index contributed by atoms with van der Waals surface area (Å²) in [7, 11) is -3.45. The van der Waals surface area contributed by atoms with Gasteiger partial charge >= 0.3 is 0 Å². The summed E-state index contributed by atoms with van der Waals surface area (Å²) in [4.78, 5) is 14.7. The van der Waals surface area contributed by atoms with Crippen molar-refractivity contribution in [2.75, 3.05) is 11.6 Å². The molecule has 1 aromatic rings. The molecule has 0 atom stereocenters. The molecule has 0 aliphatic carbocycles. The molecule has 0 fully saturated rings. The van der Waals surface area contributed by atoms with Crippen molar-refractivity contribution >= 4 is 21.4 Å². The van der Waals surface area contributed by atoms with Crippen LogP contribution in [-0.4, -0.2) is 25.6 Å². The second kappa shape index (κ2) is 4.22. The predicted octanol–water partition coefficient (Wildman–Crippen LogP) is 0.610. The third-order valence-corrected chi connectivity index (χ3v) is 2.59. The highest BCUT2D eigenvalue weighted by Gasteiger charge is 2.15. The van der Waals surface area contributed by atoms with Crippen LogP contribution in [-0.2, 0) is 14.6 Å². The number of carbonyl (C=O) groups is 1. The van der Waals surface area contributed by atoms with E-state index in [1.165, 1.54) is 18.3 Å². The Morgan fingerprint density at radius 1 is 1.60 bits per heavy atom. The highest BCUT2D eigenvalue weighted by Crippen LogP contribution is 2.17. The van der Waals surface area contributed by atoms with Crippen molar-refractivity contribution in [1.82, 2.24) is 4.98 Å². The molecular weight excluding hydrogens is 216 g/mol. The molecule has 0 aromatic carbocycles. The number of sulfone groups is 1. The smallest absolute Gasteiger partial charge is 0.247 e. The van der Waals surface area contributed by atoms with E-state index in [1.807, 2.05) is 0 Å². The van der Waals surface area contributed by atoms with Gasteiger partial charge in [0.25, 0.3) is 0 Å². The van der Waals surface area contributed by atoms with E-state index >= 15 is 0 Å². The molecule has 0 bridgehead atoms. The number of anilines is 1. The maximum Gasteiger partial charge on any atom is 0.247 e. The molecule has 80 valence electrons. The van der Waals surface area contributed by atoms with E-state index in [-0.39, 0.29) is 10.7 Å². The minimum atomic E-state index is -3.45. The topological polar surface area (TPSA) is 76.1 Å². The molecule has 1 N–H and O–H groups in total. The van der Waals surface area contributed by atoms with Crippen LogP contribution in [0.5, 0.6) is 0 Å². The Hall–Kier alpha value is -1.69. The van der Waals surface area contributed by atoms with Gasteiger partial charge in [-0.15, -0.1) is 0 Å². The second-order valence-electron chi connectivity index (χ2n) is 2.82. The van der Waals surface area contributed by atoms with E-state index in [0.717, 1.165) is 12.3 Å². The molecule has 0 aliphatic heterocycles. The van der Waals surface area contributed by atoms with Crippen molar-refractivity contribution in [2.45, 2.75) is 5.03 Å². The largest absolute Gasteiger partial charge is 0.320 e. The van der Waals surface area contributed by atoms with Crippen molar-refractivity contribution in [3.05, 3.63) is 31.0 Å².